The number of para-hydroxylation sites is 1. The highest BCUT2D eigenvalue weighted by Crippen LogP contribution is 2.45. The Balaban J connectivity index is 1.18. The first-order valence-electron chi connectivity index (χ1n) is 21.8. The lowest BCUT2D eigenvalue weighted by Crippen LogP contribution is -2.52. The third-order valence-corrected chi connectivity index (χ3v) is 16.9. The molecule has 0 saturated heterocycles. The van der Waals surface area contributed by atoms with Gasteiger partial charge < -0.3 is 25.0 Å². The second kappa shape index (κ2) is 17.4. The molecule has 1 aliphatic carbocycles. The molecule has 12 nitrogen and oxygen atoms in total. The zero-order valence-electron chi connectivity index (χ0n) is 37.9. The Hall–Kier alpha value is -6.86. The number of alkyl carbamates (subject to hydrolysis) is 1. The van der Waals surface area contributed by atoms with Gasteiger partial charge in [0.05, 0.1) is 23.5 Å². The second-order valence-corrected chi connectivity index (χ2v) is 22.5. The molecule has 4 aromatic carbocycles. The number of carboxylic acid groups (broad SMARTS) is 1. The topological polar surface area (TPSA) is 133 Å². The average Bonchev–Trinajstić information content (AvgIpc) is 3.67. The molecule has 0 spiro atoms. The van der Waals surface area contributed by atoms with Gasteiger partial charge >= 0.3 is 12.1 Å². The molecule has 2 aliphatic heterocycles. The number of rotatable bonds is 10. The molecular formula is C51H56N7O5Si+. The molecule has 8 rings (SSSR count). The Bertz CT molecular complexity index is 2820. The zero-order chi connectivity index (χ0) is 45.5. The van der Waals surface area contributed by atoms with Crippen molar-refractivity contribution < 1.29 is 28.8 Å². The number of nitrogens with zero attached hydrogens (tertiary/aromatic N) is 6. The van der Waals surface area contributed by atoms with Gasteiger partial charge in [-0.05, 0) is 102 Å². The van der Waals surface area contributed by atoms with Gasteiger partial charge in [0.2, 0.25) is 5.91 Å². The second-order valence-electron chi connectivity index (χ2n) is 18.3. The Morgan fingerprint density at radius 3 is 2.33 bits per heavy atom. The van der Waals surface area contributed by atoms with Gasteiger partial charge in [0, 0.05) is 62.6 Å². The van der Waals surface area contributed by atoms with E-state index < -0.39 is 25.7 Å². The van der Waals surface area contributed by atoms with Crippen molar-refractivity contribution in [2.75, 3.05) is 44.5 Å². The third-order valence-electron chi connectivity index (χ3n) is 12.3. The van der Waals surface area contributed by atoms with E-state index in [1.807, 2.05) is 65.3 Å². The van der Waals surface area contributed by atoms with Crippen LogP contribution in [-0.2, 0) is 22.6 Å². The van der Waals surface area contributed by atoms with E-state index in [2.05, 4.69) is 86.0 Å². The number of hydrogen-bond acceptors (Lipinski definition) is 7. The number of allylic oxidation sites excluding steroid dienone is 5. The zero-order valence-corrected chi connectivity index (χ0v) is 38.9. The van der Waals surface area contributed by atoms with Gasteiger partial charge in [0.1, 0.15) is 33.5 Å². The lowest BCUT2D eigenvalue weighted by atomic mass is 9.87. The number of amides is 2. The summed E-state index contributed by atoms with van der Waals surface area (Å²) in [5.74, 6) is -1.09. The summed E-state index contributed by atoms with van der Waals surface area (Å²) in [5.41, 5.74) is 10.6. The van der Waals surface area contributed by atoms with Crippen molar-refractivity contribution in [2.45, 2.75) is 64.9 Å². The summed E-state index contributed by atoms with van der Waals surface area (Å²) in [5, 5.41) is 25.4. The lowest BCUT2D eigenvalue weighted by Gasteiger charge is -2.40. The third kappa shape index (κ3) is 8.35. The van der Waals surface area contributed by atoms with Gasteiger partial charge in [-0.3, -0.25) is 4.79 Å². The lowest BCUT2D eigenvalue weighted by molar-refractivity contribution is -0.462. The summed E-state index contributed by atoms with van der Waals surface area (Å²) in [7, 11) is 5.60. The maximum absolute atomic E-state index is 14.2. The van der Waals surface area contributed by atoms with Crippen molar-refractivity contribution >= 4 is 53.9 Å². The number of carbonyl (C=O) groups excluding carboxylic acids is 2. The Morgan fingerprint density at radius 2 is 1.61 bits per heavy atom. The minimum atomic E-state index is -2.60. The molecule has 3 heterocycles. The molecule has 0 unspecified atom stereocenters. The molecule has 0 radical (unpaired) electrons. The van der Waals surface area contributed by atoms with Crippen molar-refractivity contribution in [3.63, 3.8) is 0 Å². The van der Waals surface area contributed by atoms with Crippen molar-refractivity contribution in [3.05, 3.63) is 142 Å². The summed E-state index contributed by atoms with van der Waals surface area (Å²) in [6.45, 7) is 8.88. The molecular weight excluding hydrogens is 819 g/mol. The molecule has 1 aromatic heterocycles. The first kappa shape index (κ1) is 43.8. The molecule has 64 heavy (non-hydrogen) atoms. The number of aryl methyl sites for hydroxylation is 1. The van der Waals surface area contributed by atoms with E-state index in [0.29, 0.717) is 18.7 Å². The van der Waals surface area contributed by atoms with Gasteiger partial charge in [-0.25, -0.2) is 18.8 Å². The Labute approximate surface area is 375 Å². The van der Waals surface area contributed by atoms with Gasteiger partial charge in [0.25, 0.3) is 0 Å². The van der Waals surface area contributed by atoms with E-state index in [1.54, 1.807) is 37.8 Å². The van der Waals surface area contributed by atoms with Crippen LogP contribution >= 0.6 is 0 Å². The van der Waals surface area contributed by atoms with Gasteiger partial charge in [-0.2, -0.15) is 0 Å². The van der Waals surface area contributed by atoms with E-state index in [4.69, 9.17) is 15.0 Å². The number of aromatic carboxylic acids is 1. The van der Waals surface area contributed by atoms with Crippen LogP contribution in [0.2, 0.25) is 12.6 Å². The van der Waals surface area contributed by atoms with Crippen LogP contribution in [0.4, 0.5) is 16.2 Å². The van der Waals surface area contributed by atoms with Gasteiger partial charge in [-0.15, -0.1) is 5.10 Å². The number of carboxylic acids is 1. The molecule has 1 atom stereocenters. The van der Waals surface area contributed by atoms with E-state index in [1.165, 1.54) is 10.4 Å². The summed E-state index contributed by atoms with van der Waals surface area (Å²) >= 11 is 0. The van der Waals surface area contributed by atoms with Gasteiger partial charge in [0.15, 0.2) is 5.71 Å². The number of benzene rings is 4. The number of ether oxygens (including phenoxy) is 1. The first-order valence-corrected chi connectivity index (χ1v) is 24.5. The maximum atomic E-state index is 14.2. The van der Waals surface area contributed by atoms with E-state index in [9.17, 15) is 19.5 Å². The molecule has 2 N–H and O–H groups in total. The SMILES string of the molecule is CN(C)c1ccc2c(c1)[Si@@](C)(CCCn1nnc3c1-c1ccccc1N(C(=O)CCNC(=O)OC(C)(C)C)Cc1ccccc1-3)C1=CC(=[N+](C)C)C=CC1=C2c1ccccc1C(=O)O. The van der Waals surface area contributed by atoms with Crippen LogP contribution < -0.4 is 20.3 Å². The number of nitrogens with one attached hydrogen (secondary N) is 1. The van der Waals surface area contributed by atoms with Crippen LogP contribution in [0.5, 0.6) is 0 Å². The number of aromatic nitrogens is 3. The van der Waals surface area contributed by atoms with Crippen molar-refractivity contribution in [1.82, 2.24) is 20.3 Å². The average molecular weight is 875 g/mol. The number of fused-ring (bicyclic) bond motifs is 7. The van der Waals surface area contributed by atoms with Gasteiger partial charge in [-0.1, -0.05) is 78.5 Å². The van der Waals surface area contributed by atoms with Crippen LogP contribution in [0.3, 0.4) is 0 Å². The minimum Gasteiger partial charge on any atom is -0.478 e. The normalized spacial score (nSPS) is 16.3. The van der Waals surface area contributed by atoms with Crippen molar-refractivity contribution in [2.24, 2.45) is 0 Å². The Morgan fingerprint density at radius 1 is 0.906 bits per heavy atom. The van der Waals surface area contributed by atoms with Crippen LogP contribution in [0, 0.1) is 0 Å². The van der Waals surface area contributed by atoms with Crippen LogP contribution in [0.15, 0.2) is 120 Å². The van der Waals surface area contributed by atoms with E-state index in [-0.39, 0.29) is 24.4 Å². The monoisotopic (exact) mass is 874 g/mol. The van der Waals surface area contributed by atoms with Crippen molar-refractivity contribution in [3.8, 4) is 22.5 Å². The fourth-order valence-electron chi connectivity index (χ4n) is 9.20. The number of hydrogen-bond donors (Lipinski definition) is 2. The minimum absolute atomic E-state index is 0.0817. The molecule has 5 aromatic rings. The van der Waals surface area contributed by atoms with Crippen molar-refractivity contribution in [1.29, 1.82) is 0 Å². The first-order chi connectivity index (χ1) is 30.6. The number of anilines is 2. The highest BCUT2D eigenvalue weighted by molar-refractivity contribution is 6.99. The van der Waals surface area contributed by atoms with E-state index in [0.717, 1.165) is 74.3 Å². The van der Waals surface area contributed by atoms with Crippen LogP contribution in [0.1, 0.15) is 60.7 Å². The summed E-state index contributed by atoms with van der Waals surface area (Å²) in [6, 6.07) is 30.8. The molecule has 0 fully saturated rings. The molecule has 2 amide bonds. The maximum Gasteiger partial charge on any atom is 0.407 e. The predicted octanol–water partition coefficient (Wildman–Crippen LogP) is 8.08. The molecule has 0 saturated carbocycles. The fourth-order valence-corrected chi connectivity index (χ4v) is 13.4. The highest BCUT2D eigenvalue weighted by Gasteiger charge is 2.44. The highest BCUT2D eigenvalue weighted by atomic mass is 28.3. The molecule has 13 heteroatoms. The number of carbonyl (C=O) groups is 3. The Kier molecular flexibility index (Phi) is 11.9. The fraction of sp³-hybridized carbons (Fsp3) is 0.294. The molecule has 0 bridgehead atoms. The van der Waals surface area contributed by atoms with Crippen LogP contribution in [0.25, 0.3) is 28.1 Å². The quantitative estimate of drug-likeness (QED) is 0.106. The summed E-state index contributed by atoms with van der Waals surface area (Å²) in [4.78, 5) is 43.3. The van der Waals surface area contributed by atoms with E-state index >= 15 is 0 Å². The standard InChI is InChI=1S/C51H55N7O5Si/c1-51(2,3)63-50(62)52-27-26-45(59)57-32-33-16-9-10-17-36(33)47-48(39-20-13-14-21-42(39)57)58(54-53-47)28-15-29-64(8)43-30-34(55(4)5)22-24-40(43)46(37-18-11-12-19-38(37)49(60)61)41-25-23-35(56(6)7)31-44(41)64/h9-14,16-25,30-31H,15,26-29,32H2,1-8H3,(H-,52,60,61,62)/p+1. The largest absolute Gasteiger partial charge is 0.478 e. The summed E-state index contributed by atoms with van der Waals surface area (Å²) in [6.07, 6.45) is 6.93. The smallest absolute Gasteiger partial charge is 0.407 e. The molecule has 328 valence electrons. The predicted molar refractivity (Wildman–Crippen MR) is 256 cm³/mol. The molecule has 3 aliphatic rings. The van der Waals surface area contributed by atoms with Crippen LogP contribution in [-0.4, -0.2) is 96.8 Å². The summed E-state index contributed by atoms with van der Waals surface area (Å²) < 4.78 is 9.53.